The first-order chi connectivity index (χ1) is 12.4. The molecule has 0 radical (unpaired) electrons. The maximum Gasteiger partial charge on any atom is 0.341 e. The molecule has 0 unspecified atom stereocenters. The molecular weight excluding hydrogens is 336 g/mol. The predicted molar refractivity (Wildman–Crippen MR) is 95.9 cm³/mol. The van der Waals surface area contributed by atoms with Gasteiger partial charge in [-0.1, -0.05) is 24.3 Å². The highest BCUT2D eigenvalue weighted by molar-refractivity contribution is 5.88. The van der Waals surface area contributed by atoms with Gasteiger partial charge in [-0.25, -0.2) is 4.79 Å². The molecule has 0 aliphatic heterocycles. The van der Waals surface area contributed by atoms with Gasteiger partial charge in [-0.3, -0.25) is 9.59 Å². The van der Waals surface area contributed by atoms with E-state index in [2.05, 4.69) is 10.6 Å². The molecule has 0 aliphatic rings. The summed E-state index contributed by atoms with van der Waals surface area (Å²) in [7, 11) is 0. The van der Waals surface area contributed by atoms with E-state index in [0.717, 1.165) is 11.1 Å². The number of anilines is 1. The van der Waals surface area contributed by atoms with Gasteiger partial charge in [0.05, 0.1) is 6.42 Å². The molecule has 3 N–H and O–H groups in total. The summed E-state index contributed by atoms with van der Waals surface area (Å²) in [5.74, 6) is -0.903. The smallest absolute Gasteiger partial charge is 0.341 e. The molecule has 2 amide bonds. The Hall–Kier alpha value is -3.35. The Kier molecular flexibility index (Phi) is 6.73. The summed E-state index contributed by atoms with van der Waals surface area (Å²) in [6.07, 6.45) is 0.218. The lowest BCUT2D eigenvalue weighted by molar-refractivity contribution is -0.139. The topological polar surface area (TPSA) is 105 Å². The van der Waals surface area contributed by atoms with Crippen molar-refractivity contribution in [2.45, 2.75) is 19.9 Å². The summed E-state index contributed by atoms with van der Waals surface area (Å²) in [5.41, 5.74) is 2.32. The average molecular weight is 356 g/mol. The lowest BCUT2D eigenvalue weighted by Crippen LogP contribution is -2.24. The number of carboxylic acids is 1. The van der Waals surface area contributed by atoms with Crippen LogP contribution in [0.3, 0.4) is 0 Å². The van der Waals surface area contributed by atoms with E-state index in [9.17, 15) is 14.4 Å². The molecule has 0 bridgehead atoms. The summed E-state index contributed by atoms with van der Waals surface area (Å²) in [4.78, 5) is 33.6. The highest BCUT2D eigenvalue weighted by Crippen LogP contribution is 2.13. The van der Waals surface area contributed by atoms with Crippen molar-refractivity contribution in [3.05, 3.63) is 59.7 Å². The molecule has 0 aromatic heterocycles. The highest BCUT2D eigenvalue weighted by Gasteiger charge is 2.05. The second-order valence-electron chi connectivity index (χ2n) is 5.66. The van der Waals surface area contributed by atoms with E-state index in [0.29, 0.717) is 18.0 Å². The summed E-state index contributed by atoms with van der Waals surface area (Å²) >= 11 is 0. The van der Waals surface area contributed by atoms with Crippen LogP contribution >= 0.6 is 0 Å². The summed E-state index contributed by atoms with van der Waals surface area (Å²) < 4.78 is 5.11. The number of hydrogen-bond acceptors (Lipinski definition) is 4. The van der Waals surface area contributed by atoms with E-state index >= 15 is 0 Å². The Bertz CT molecular complexity index is 787. The zero-order chi connectivity index (χ0) is 18.9. The fourth-order valence-electron chi connectivity index (χ4n) is 2.25. The van der Waals surface area contributed by atoms with Crippen LogP contribution in [-0.2, 0) is 27.3 Å². The molecule has 7 heteroatoms. The number of rotatable bonds is 8. The van der Waals surface area contributed by atoms with Gasteiger partial charge in [0.25, 0.3) is 0 Å². The number of nitrogens with one attached hydrogen (secondary N) is 2. The molecular formula is C19H20N2O5. The van der Waals surface area contributed by atoms with E-state index in [4.69, 9.17) is 9.84 Å². The Balaban J connectivity index is 1.83. The second-order valence-corrected chi connectivity index (χ2v) is 5.66. The fraction of sp³-hybridized carbons (Fsp3) is 0.211. The van der Waals surface area contributed by atoms with Crippen LogP contribution in [0.15, 0.2) is 48.5 Å². The minimum atomic E-state index is -1.05. The SMILES string of the molecule is CC(=O)Nc1ccc(CC(=O)NCc2cccc(OCC(=O)O)c2)cc1. The van der Waals surface area contributed by atoms with Gasteiger partial charge in [-0.2, -0.15) is 0 Å². The Labute approximate surface area is 151 Å². The number of ether oxygens (including phenoxy) is 1. The third-order valence-electron chi connectivity index (χ3n) is 3.39. The van der Waals surface area contributed by atoms with Gasteiger partial charge in [-0.05, 0) is 35.4 Å². The first kappa shape index (κ1) is 19.0. The van der Waals surface area contributed by atoms with Gasteiger partial charge in [-0.15, -0.1) is 0 Å². The molecule has 0 atom stereocenters. The van der Waals surface area contributed by atoms with Gasteiger partial charge >= 0.3 is 5.97 Å². The number of benzene rings is 2. The first-order valence-electron chi connectivity index (χ1n) is 7.99. The van der Waals surface area contributed by atoms with Crippen LogP contribution < -0.4 is 15.4 Å². The summed E-state index contributed by atoms with van der Waals surface area (Å²) in [5, 5.41) is 14.1. The second kappa shape index (κ2) is 9.22. The van der Waals surface area contributed by atoms with E-state index in [1.54, 1.807) is 42.5 Å². The van der Waals surface area contributed by atoms with Crippen molar-refractivity contribution in [2.75, 3.05) is 11.9 Å². The fourth-order valence-corrected chi connectivity index (χ4v) is 2.25. The molecule has 0 spiro atoms. The van der Waals surface area contributed by atoms with Gasteiger partial charge in [0.15, 0.2) is 6.61 Å². The number of carbonyl (C=O) groups excluding carboxylic acids is 2. The molecule has 26 heavy (non-hydrogen) atoms. The summed E-state index contributed by atoms with van der Waals surface area (Å²) in [6, 6.07) is 13.9. The summed E-state index contributed by atoms with van der Waals surface area (Å²) in [6.45, 7) is 1.33. The maximum absolute atomic E-state index is 12.1. The molecule has 2 aromatic carbocycles. The minimum Gasteiger partial charge on any atom is -0.482 e. The molecule has 0 aliphatic carbocycles. The van der Waals surface area contributed by atoms with Crippen molar-refractivity contribution in [1.29, 1.82) is 0 Å². The minimum absolute atomic E-state index is 0.144. The molecule has 2 aromatic rings. The third-order valence-corrected chi connectivity index (χ3v) is 3.39. The quantitative estimate of drug-likeness (QED) is 0.671. The normalized spacial score (nSPS) is 10.0. The number of aliphatic carboxylic acids is 1. The van der Waals surface area contributed by atoms with E-state index in [1.165, 1.54) is 6.92 Å². The van der Waals surface area contributed by atoms with Crippen molar-refractivity contribution in [3.8, 4) is 5.75 Å². The predicted octanol–water partition coefficient (Wildman–Crippen LogP) is 1.97. The van der Waals surface area contributed by atoms with Gasteiger partial charge in [0, 0.05) is 19.2 Å². The maximum atomic E-state index is 12.1. The molecule has 136 valence electrons. The largest absolute Gasteiger partial charge is 0.482 e. The van der Waals surface area contributed by atoms with Crippen molar-refractivity contribution in [1.82, 2.24) is 5.32 Å². The number of carboxylic acid groups (broad SMARTS) is 1. The Morgan fingerprint density at radius 1 is 1.04 bits per heavy atom. The van der Waals surface area contributed by atoms with E-state index in [1.807, 2.05) is 6.07 Å². The molecule has 7 nitrogen and oxygen atoms in total. The lowest BCUT2D eigenvalue weighted by Gasteiger charge is -2.08. The van der Waals surface area contributed by atoms with Crippen LogP contribution in [0.1, 0.15) is 18.1 Å². The van der Waals surface area contributed by atoms with Gasteiger partial charge in [0.2, 0.25) is 11.8 Å². The van der Waals surface area contributed by atoms with Crippen molar-refractivity contribution in [2.24, 2.45) is 0 Å². The van der Waals surface area contributed by atoms with Crippen LogP contribution in [-0.4, -0.2) is 29.5 Å². The van der Waals surface area contributed by atoms with Crippen LogP contribution in [0.25, 0.3) is 0 Å². The van der Waals surface area contributed by atoms with Crippen molar-refractivity contribution >= 4 is 23.5 Å². The van der Waals surface area contributed by atoms with E-state index in [-0.39, 0.29) is 18.2 Å². The molecule has 2 rings (SSSR count). The van der Waals surface area contributed by atoms with Crippen LogP contribution in [0.2, 0.25) is 0 Å². The lowest BCUT2D eigenvalue weighted by atomic mass is 10.1. The molecule has 0 saturated carbocycles. The molecule has 0 heterocycles. The average Bonchev–Trinajstić information content (AvgIpc) is 2.60. The van der Waals surface area contributed by atoms with Crippen molar-refractivity contribution < 1.29 is 24.2 Å². The monoisotopic (exact) mass is 356 g/mol. The number of hydrogen-bond donors (Lipinski definition) is 3. The zero-order valence-electron chi connectivity index (χ0n) is 14.3. The Morgan fingerprint density at radius 3 is 2.42 bits per heavy atom. The van der Waals surface area contributed by atoms with Crippen molar-refractivity contribution in [3.63, 3.8) is 0 Å². The zero-order valence-corrected chi connectivity index (χ0v) is 14.3. The highest BCUT2D eigenvalue weighted by atomic mass is 16.5. The number of carbonyl (C=O) groups is 3. The van der Waals surface area contributed by atoms with Gasteiger partial charge in [0.1, 0.15) is 5.75 Å². The van der Waals surface area contributed by atoms with E-state index < -0.39 is 12.6 Å². The Morgan fingerprint density at radius 2 is 1.77 bits per heavy atom. The number of amides is 2. The van der Waals surface area contributed by atoms with Crippen LogP contribution in [0, 0.1) is 0 Å². The van der Waals surface area contributed by atoms with Gasteiger partial charge < -0.3 is 20.5 Å². The standard InChI is InChI=1S/C19H20N2O5/c1-13(22)21-16-7-5-14(6-8-16)10-18(23)20-11-15-3-2-4-17(9-15)26-12-19(24)25/h2-9H,10-12H2,1H3,(H,20,23)(H,21,22)(H,24,25). The molecule has 0 fully saturated rings. The van der Waals surface area contributed by atoms with Crippen LogP contribution in [0.5, 0.6) is 5.75 Å². The first-order valence-corrected chi connectivity index (χ1v) is 7.99. The third kappa shape index (κ3) is 6.64. The van der Waals surface area contributed by atoms with Crippen LogP contribution in [0.4, 0.5) is 5.69 Å². The molecule has 0 saturated heterocycles.